The molecular formula is C26H37N3. The fourth-order valence-electron chi connectivity index (χ4n) is 3.96. The standard InChI is InChI=1S/C26H37N3/c1-8-14-23(10-3)21(6)27-24(18-28(11-4)17-9-2)19-29-22(7)20(5)25-15-12-13-16-26(25)29/h8,10,12-16,24,27H,1,3,6,9,11,17-19H2,2,4-5,7H3/b23-14+. The molecule has 0 aliphatic heterocycles. The van der Waals surface area contributed by atoms with Gasteiger partial charge in [0.25, 0.3) is 0 Å². The van der Waals surface area contributed by atoms with Gasteiger partial charge in [-0.2, -0.15) is 0 Å². The van der Waals surface area contributed by atoms with Gasteiger partial charge in [0.05, 0.1) is 6.04 Å². The minimum atomic E-state index is 0.232. The first-order chi connectivity index (χ1) is 14.0. The van der Waals surface area contributed by atoms with Gasteiger partial charge in [0.15, 0.2) is 0 Å². The summed E-state index contributed by atoms with van der Waals surface area (Å²) in [5.41, 5.74) is 5.85. The summed E-state index contributed by atoms with van der Waals surface area (Å²) in [5, 5.41) is 5.02. The van der Waals surface area contributed by atoms with Crippen molar-refractivity contribution in [1.29, 1.82) is 0 Å². The number of hydrogen-bond acceptors (Lipinski definition) is 2. The molecule has 0 spiro atoms. The molecule has 2 aromatic rings. The van der Waals surface area contributed by atoms with E-state index in [9.17, 15) is 0 Å². The third-order valence-electron chi connectivity index (χ3n) is 5.66. The maximum Gasteiger partial charge on any atom is 0.0567 e. The van der Waals surface area contributed by atoms with E-state index in [1.54, 1.807) is 6.08 Å². The molecule has 1 aromatic carbocycles. The van der Waals surface area contributed by atoms with Gasteiger partial charge in [0, 0.05) is 35.4 Å². The van der Waals surface area contributed by atoms with Gasteiger partial charge in [-0.3, -0.25) is 0 Å². The Labute approximate surface area is 177 Å². The summed E-state index contributed by atoms with van der Waals surface area (Å²) in [6.07, 6.45) is 6.71. The zero-order valence-electron chi connectivity index (χ0n) is 18.7. The summed E-state index contributed by atoms with van der Waals surface area (Å²) in [4.78, 5) is 2.50. The molecule has 0 fully saturated rings. The molecule has 0 bridgehead atoms. The highest BCUT2D eigenvalue weighted by Crippen LogP contribution is 2.25. The predicted octanol–water partition coefficient (Wildman–Crippen LogP) is 5.76. The van der Waals surface area contributed by atoms with E-state index >= 15 is 0 Å². The number of para-hydroxylation sites is 1. The molecule has 156 valence electrons. The van der Waals surface area contributed by atoms with E-state index in [1.807, 2.05) is 12.2 Å². The van der Waals surface area contributed by atoms with Crippen LogP contribution >= 0.6 is 0 Å². The maximum absolute atomic E-state index is 4.27. The fourth-order valence-corrected chi connectivity index (χ4v) is 3.96. The van der Waals surface area contributed by atoms with E-state index in [4.69, 9.17) is 0 Å². The molecule has 29 heavy (non-hydrogen) atoms. The second-order valence-corrected chi connectivity index (χ2v) is 7.61. The molecule has 0 aliphatic carbocycles. The van der Waals surface area contributed by atoms with E-state index in [0.717, 1.165) is 43.9 Å². The number of aromatic nitrogens is 1. The molecule has 0 saturated heterocycles. The molecule has 1 unspecified atom stereocenters. The number of benzene rings is 1. The summed E-state index contributed by atoms with van der Waals surface area (Å²) >= 11 is 0. The minimum absolute atomic E-state index is 0.232. The third-order valence-corrected chi connectivity index (χ3v) is 5.66. The molecule has 1 aromatic heterocycles. The first kappa shape index (κ1) is 22.8. The van der Waals surface area contributed by atoms with Crippen LogP contribution in [0.3, 0.4) is 0 Å². The van der Waals surface area contributed by atoms with Gasteiger partial charge in [-0.05, 0) is 50.6 Å². The van der Waals surface area contributed by atoms with E-state index in [1.165, 1.54) is 22.2 Å². The van der Waals surface area contributed by atoms with Crippen LogP contribution in [0.25, 0.3) is 10.9 Å². The van der Waals surface area contributed by atoms with Crippen LogP contribution < -0.4 is 5.32 Å². The zero-order valence-corrected chi connectivity index (χ0v) is 18.7. The van der Waals surface area contributed by atoms with Crippen LogP contribution in [0.1, 0.15) is 31.5 Å². The number of likely N-dealkylation sites (N-methyl/N-ethyl adjacent to an activating group) is 1. The van der Waals surface area contributed by atoms with Crippen LogP contribution in [0.5, 0.6) is 0 Å². The Morgan fingerprint density at radius 2 is 1.93 bits per heavy atom. The average Bonchev–Trinajstić information content (AvgIpc) is 2.96. The predicted molar refractivity (Wildman–Crippen MR) is 128 cm³/mol. The molecule has 1 heterocycles. The Hall–Kier alpha value is -2.52. The van der Waals surface area contributed by atoms with Crippen LogP contribution in [0.15, 0.2) is 73.5 Å². The highest BCUT2D eigenvalue weighted by molar-refractivity contribution is 5.85. The largest absolute Gasteiger partial charge is 0.379 e. The second kappa shape index (κ2) is 10.9. The van der Waals surface area contributed by atoms with Crippen molar-refractivity contribution in [2.24, 2.45) is 0 Å². The van der Waals surface area contributed by atoms with Crippen LogP contribution in [0.4, 0.5) is 0 Å². The first-order valence-corrected chi connectivity index (χ1v) is 10.6. The van der Waals surface area contributed by atoms with Gasteiger partial charge in [-0.25, -0.2) is 0 Å². The van der Waals surface area contributed by atoms with E-state index < -0.39 is 0 Å². The van der Waals surface area contributed by atoms with Crippen molar-refractivity contribution in [1.82, 2.24) is 14.8 Å². The van der Waals surface area contributed by atoms with E-state index in [2.05, 4.69) is 86.5 Å². The number of rotatable bonds is 12. The monoisotopic (exact) mass is 391 g/mol. The summed E-state index contributed by atoms with van der Waals surface area (Å²) in [6.45, 7) is 24.9. The molecule has 0 aliphatic rings. The molecule has 1 N–H and O–H groups in total. The lowest BCUT2D eigenvalue weighted by atomic mass is 10.1. The summed E-state index contributed by atoms with van der Waals surface area (Å²) in [7, 11) is 0. The normalized spacial score (nSPS) is 12.9. The second-order valence-electron chi connectivity index (χ2n) is 7.61. The number of nitrogens with zero attached hydrogens (tertiary/aromatic N) is 2. The molecule has 3 heteroatoms. The van der Waals surface area contributed by atoms with Crippen molar-refractivity contribution in [3.63, 3.8) is 0 Å². The minimum Gasteiger partial charge on any atom is -0.379 e. The Bertz CT molecular complexity index is 885. The fraction of sp³-hybridized carbons (Fsp3) is 0.385. The lowest BCUT2D eigenvalue weighted by Crippen LogP contribution is -2.43. The Balaban J connectivity index is 2.36. The van der Waals surface area contributed by atoms with E-state index in [-0.39, 0.29) is 6.04 Å². The highest BCUT2D eigenvalue weighted by atomic mass is 15.2. The topological polar surface area (TPSA) is 20.2 Å². The van der Waals surface area contributed by atoms with Crippen LogP contribution in [-0.2, 0) is 6.54 Å². The van der Waals surface area contributed by atoms with Crippen molar-refractivity contribution in [3.05, 3.63) is 84.8 Å². The van der Waals surface area contributed by atoms with Crippen LogP contribution in [0, 0.1) is 13.8 Å². The lowest BCUT2D eigenvalue weighted by molar-refractivity contribution is 0.248. The van der Waals surface area contributed by atoms with Gasteiger partial charge in [0.1, 0.15) is 0 Å². The van der Waals surface area contributed by atoms with Gasteiger partial charge in [-0.15, -0.1) is 0 Å². The number of hydrogen-bond donors (Lipinski definition) is 1. The molecule has 2 rings (SSSR count). The maximum atomic E-state index is 4.27. The smallest absolute Gasteiger partial charge is 0.0567 e. The van der Waals surface area contributed by atoms with Crippen molar-refractivity contribution in [3.8, 4) is 0 Å². The number of aryl methyl sites for hydroxylation is 1. The molecule has 0 saturated carbocycles. The summed E-state index contributed by atoms with van der Waals surface area (Å²) in [5.74, 6) is 0. The van der Waals surface area contributed by atoms with Gasteiger partial charge < -0.3 is 14.8 Å². The van der Waals surface area contributed by atoms with Gasteiger partial charge in [-0.1, -0.05) is 70.0 Å². The van der Waals surface area contributed by atoms with Crippen LogP contribution in [-0.4, -0.2) is 35.1 Å². The molecule has 0 amide bonds. The molecule has 0 radical (unpaired) electrons. The summed E-state index contributed by atoms with van der Waals surface area (Å²) < 4.78 is 2.44. The quantitative estimate of drug-likeness (QED) is 0.464. The van der Waals surface area contributed by atoms with E-state index in [0.29, 0.717) is 0 Å². The SMILES string of the molecule is C=C/C=C(\C=C)C(=C)NC(CN(CC)CCC)Cn1c(C)c(C)c2ccccc21. The lowest BCUT2D eigenvalue weighted by Gasteiger charge is -2.29. The average molecular weight is 392 g/mol. The Kier molecular flexibility index (Phi) is 8.53. The first-order valence-electron chi connectivity index (χ1n) is 10.6. The van der Waals surface area contributed by atoms with Crippen molar-refractivity contribution >= 4 is 10.9 Å². The molecular weight excluding hydrogens is 354 g/mol. The van der Waals surface area contributed by atoms with Gasteiger partial charge in [0.2, 0.25) is 0 Å². The number of nitrogens with one attached hydrogen (secondary N) is 1. The van der Waals surface area contributed by atoms with Crippen molar-refractivity contribution < 1.29 is 0 Å². The third kappa shape index (κ3) is 5.51. The van der Waals surface area contributed by atoms with Crippen molar-refractivity contribution in [2.45, 2.75) is 46.7 Å². The Morgan fingerprint density at radius 3 is 2.55 bits per heavy atom. The molecule has 3 nitrogen and oxygen atoms in total. The zero-order chi connectivity index (χ0) is 21.4. The molecule has 1 atom stereocenters. The number of fused-ring (bicyclic) bond motifs is 1. The Morgan fingerprint density at radius 1 is 1.21 bits per heavy atom. The van der Waals surface area contributed by atoms with Crippen molar-refractivity contribution in [2.75, 3.05) is 19.6 Å². The van der Waals surface area contributed by atoms with Crippen LogP contribution in [0.2, 0.25) is 0 Å². The number of allylic oxidation sites excluding steroid dienone is 3. The summed E-state index contributed by atoms with van der Waals surface area (Å²) in [6, 6.07) is 8.91. The highest BCUT2D eigenvalue weighted by Gasteiger charge is 2.18. The van der Waals surface area contributed by atoms with Gasteiger partial charge >= 0.3 is 0 Å².